The molecule has 0 aromatic carbocycles. The number of likely N-dealkylation sites (tertiary alicyclic amines) is 1. The number of amides is 5. The van der Waals surface area contributed by atoms with Crippen LogP contribution in [-0.2, 0) is 29.2 Å². The number of ketones is 1. The fourth-order valence-corrected chi connectivity index (χ4v) is 8.73. The van der Waals surface area contributed by atoms with Crippen LogP contribution in [-0.4, -0.2) is 104 Å². The standard InChI is InChI=1S/C33H58N6O7S/c1-8-13-24(28(40)30(42)34-7)35-29(41)27-23(21(2)3)16-18-39(27)31(43)26(22-14-10-9-11-15-22)37-32(44)36-25(33(4,5)6)20-38-17-12-19-47(38,45)46/h21-27H,8-20H2,1-7H3,(H,34,42)(H,35,41)(H2,36,37,44)/t23-,24?,25-,26+,27+/m1/s1. The molecule has 2 heterocycles. The third kappa shape index (κ3) is 9.90. The highest BCUT2D eigenvalue weighted by atomic mass is 32.2. The van der Waals surface area contributed by atoms with Gasteiger partial charge in [-0.1, -0.05) is 67.2 Å². The Balaban J connectivity index is 1.86. The number of likely N-dealkylation sites (N-methyl/N-ethyl adjacent to an activating group) is 1. The van der Waals surface area contributed by atoms with E-state index in [1.165, 1.54) is 11.4 Å². The molecule has 3 aliphatic rings. The topological polar surface area (TPSA) is 174 Å². The molecule has 0 aromatic heterocycles. The highest BCUT2D eigenvalue weighted by Crippen LogP contribution is 2.34. The second kappa shape index (κ2) is 16.6. The quantitative estimate of drug-likeness (QED) is 0.215. The Labute approximate surface area is 281 Å². The number of hydrogen-bond donors (Lipinski definition) is 4. The molecule has 14 heteroatoms. The molecule has 2 saturated heterocycles. The van der Waals surface area contributed by atoms with Crippen molar-refractivity contribution in [1.82, 2.24) is 30.5 Å². The highest BCUT2D eigenvalue weighted by Gasteiger charge is 2.47. The predicted molar refractivity (Wildman–Crippen MR) is 180 cm³/mol. The van der Waals surface area contributed by atoms with Gasteiger partial charge in [0, 0.05) is 32.7 Å². The summed E-state index contributed by atoms with van der Waals surface area (Å²) in [5, 5.41) is 11.1. The third-order valence-electron chi connectivity index (χ3n) is 10.1. The van der Waals surface area contributed by atoms with Crippen LogP contribution in [0, 0.1) is 23.2 Å². The second-order valence-electron chi connectivity index (χ2n) is 14.9. The summed E-state index contributed by atoms with van der Waals surface area (Å²) in [4.78, 5) is 68.6. The molecule has 1 saturated carbocycles. The number of urea groups is 1. The van der Waals surface area contributed by atoms with Crippen LogP contribution in [0.1, 0.15) is 99.3 Å². The number of carbonyl (C=O) groups is 5. The van der Waals surface area contributed by atoms with Crippen LogP contribution in [0.2, 0.25) is 0 Å². The number of Topliss-reactive ketones (excluding diaryl/α,β-unsaturated/α-hetero) is 1. The minimum Gasteiger partial charge on any atom is -0.353 e. The van der Waals surface area contributed by atoms with Gasteiger partial charge in [0.25, 0.3) is 5.91 Å². The monoisotopic (exact) mass is 682 g/mol. The van der Waals surface area contributed by atoms with Crippen molar-refractivity contribution >= 4 is 39.6 Å². The third-order valence-corrected chi connectivity index (χ3v) is 12.1. The fraction of sp³-hybridized carbons (Fsp3) is 0.848. The van der Waals surface area contributed by atoms with Gasteiger partial charge < -0.3 is 26.2 Å². The lowest BCUT2D eigenvalue weighted by Gasteiger charge is -2.37. The summed E-state index contributed by atoms with van der Waals surface area (Å²) in [6.07, 6.45) is 6.38. The maximum atomic E-state index is 14.5. The molecule has 1 unspecified atom stereocenters. The van der Waals surface area contributed by atoms with E-state index in [1.807, 2.05) is 41.5 Å². The summed E-state index contributed by atoms with van der Waals surface area (Å²) < 4.78 is 26.5. The van der Waals surface area contributed by atoms with Crippen molar-refractivity contribution in [3.05, 3.63) is 0 Å². The van der Waals surface area contributed by atoms with E-state index in [2.05, 4.69) is 21.3 Å². The normalized spacial score (nSPS) is 24.0. The van der Waals surface area contributed by atoms with Crippen LogP contribution in [0.15, 0.2) is 0 Å². The average Bonchev–Trinajstić information content (AvgIpc) is 3.61. The van der Waals surface area contributed by atoms with Gasteiger partial charge in [0.15, 0.2) is 0 Å². The molecule has 5 atom stereocenters. The number of carbonyl (C=O) groups excluding carboxylic acids is 5. The van der Waals surface area contributed by atoms with E-state index in [9.17, 15) is 32.4 Å². The summed E-state index contributed by atoms with van der Waals surface area (Å²) in [7, 11) is -2.01. The molecule has 13 nitrogen and oxygen atoms in total. The summed E-state index contributed by atoms with van der Waals surface area (Å²) in [5.41, 5.74) is -0.469. The Kier molecular flexibility index (Phi) is 13.7. The zero-order chi connectivity index (χ0) is 35.1. The van der Waals surface area contributed by atoms with Gasteiger partial charge in [0.2, 0.25) is 27.6 Å². The van der Waals surface area contributed by atoms with E-state index >= 15 is 0 Å². The lowest BCUT2D eigenvalue weighted by atomic mass is 9.82. The predicted octanol–water partition coefficient (Wildman–Crippen LogP) is 2.16. The van der Waals surface area contributed by atoms with Crippen molar-refractivity contribution in [2.24, 2.45) is 23.2 Å². The molecule has 0 radical (unpaired) electrons. The molecule has 0 bridgehead atoms. The van der Waals surface area contributed by atoms with Crippen molar-refractivity contribution in [1.29, 1.82) is 0 Å². The van der Waals surface area contributed by atoms with Gasteiger partial charge in [0.1, 0.15) is 12.1 Å². The molecule has 47 heavy (non-hydrogen) atoms. The van der Waals surface area contributed by atoms with Gasteiger partial charge in [-0.25, -0.2) is 13.2 Å². The maximum absolute atomic E-state index is 14.5. The number of rotatable bonds is 13. The first-order valence-corrected chi connectivity index (χ1v) is 19.0. The molecule has 2 aliphatic heterocycles. The zero-order valence-corrected chi connectivity index (χ0v) is 30.2. The fourth-order valence-electron chi connectivity index (χ4n) is 7.20. The van der Waals surface area contributed by atoms with Crippen molar-refractivity contribution in [2.75, 3.05) is 32.4 Å². The van der Waals surface area contributed by atoms with E-state index < -0.39 is 63.2 Å². The van der Waals surface area contributed by atoms with E-state index in [-0.39, 0.29) is 42.4 Å². The Morgan fingerprint density at radius 2 is 1.55 bits per heavy atom. The van der Waals surface area contributed by atoms with Crippen LogP contribution in [0.4, 0.5) is 4.79 Å². The van der Waals surface area contributed by atoms with Crippen LogP contribution in [0.3, 0.4) is 0 Å². The summed E-state index contributed by atoms with van der Waals surface area (Å²) >= 11 is 0. The summed E-state index contributed by atoms with van der Waals surface area (Å²) in [5.74, 6) is -2.48. The smallest absolute Gasteiger partial charge is 0.315 e. The Bertz CT molecular complexity index is 1240. The number of nitrogens with zero attached hydrogens (tertiary/aromatic N) is 2. The minimum atomic E-state index is -3.37. The molecule has 3 fully saturated rings. The average molecular weight is 683 g/mol. The first-order valence-electron chi connectivity index (χ1n) is 17.4. The first kappa shape index (κ1) is 38.7. The summed E-state index contributed by atoms with van der Waals surface area (Å²) in [6.45, 7) is 12.5. The molecule has 3 rings (SSSR count). The van der Waals surface area contributed by atoms with Crippen LogP contribution >= 0.6 is 0 Å². The van der Waals surface area contributed by atoms with Crippen molar-refractivity contribution < 1.29 is 32.4 Å². The van der Waals surface area contributed by atoms with Crippen molar-refractivity contribution in [2.45, 2.75) is 123 Å². The Morgan fingerprint density at radius 3 is 2.09 bits per heavy atom. The lowest BCUT2D eigenvalue weighted by Crippen LogP contribution is -2.61. The van der Waals surface area contributed by atoms with Gasteiger partial charge in [0.05, 0.1) is 11.8 Å². The highest BCUT2D eigenvalue weighted by molar-refractivity contribution is 7.89. The second-order valence-corrected chi connectivity index (χ2v) is 17.0. The van der Waals surface area contributed by atoms with Crippen LogP contribution < -0.4 is 21.3 Å². The Hall–Kier alpha value is -2.74. The largest absolute Gasteiger partial charge is 0.353 e. The van der Waals surface area contributed by atoms with Crippen LogP contribution in [0.5, 0.6) is 0 Å². The molecule has 1 aliphatic carbocycles. The number of nitrogens with one attached hydrogen (secondary N) is 4. The van der Waals surface area contributed by atoms with Gasteiger partial charge in [-0.3, -0.25) is 19.2 Å². The molecular formula is C33H58N6O7S. The molecular weight excluding hydrogens is 624 g/mol. The maximum Gasteiger partial charge on any atom is 0.315 e. The molecule has 268 valence electrons. The SMILES string of the molecule is CCCC(NC(=O)[C@@H]1[C@@H](C(C)C)CCN1C(=O)[C@@H](NC(=O)N[C@H](CN1CCCS1(=O)=O)C(C)(C)C)C1CCCCC1)C(=O)C(=O)NC. The van der Waals surface area contributed by atoms with E-state index in [0.717, 1.165) is 32.1 Å². The van der Waals surface area contributed by atoms with E-state index in [4.69, 9.17) is 0 Å². The minimum absolute atomic E-state index is 0.0571. The zero-order valence-electron chi connectivity index (χ0n) is 29.4. The summed E-state index contributed by atoms with van der Waals surface area (Å²) in [6, 6.07) is -3.82. The van der Waals surface area contributed by atoms with Crippen LogP contribution in [0.25, 0.3) is 0 Å². The van der Waals surface area contributed by atoms with Gasteiger partial charge >= 0.3 is 6.03 Å². The van der Waals surface area contributed by atoms with Gasteiger partial charge in [-0.2, -0.15) is 4.31 Å². The molecule has 0 aromatic rings. The van der Waals surface area contributed by atoms with Gasteiger partial charge in [-0.05, 0) is 55.3 Å². The van der Waals surface area contributed by atoms with E-state index in [0.29, 0.717) is 32.4 Å². The lowest BCUT2D eigenvalue weighted by molar-refractivity contribution is -0.144. The Morgan fingerprint density at radius 1 is 0.894 bits per heavy atom. The molecule has 0 spiro atoms. The molecule has 4 N–H and O–H groups in total. The number of sulfonamides is 1. The number of hydrogen-bond acceptors (Lipinski definition) is 7. The van der Waals surface area contributed by atoms with Crippen molar-refractivity contribution in [3.63, 3.8) is 0 Å². The van der Waals surface area contributed by atoms with E-state index in [1.54, 1.807) is 4.90 Å². The van der Waals surface area contributed by atoms with Gasteiger partial charge in [-0.15, -0.1) is 0 Å². The van der Waals surface area contributed by atoms with Crippen molar-refractivity contribution in [3.8, 4) is 0 Å². The molecule has 5 amide bonds. The first-order chi connectivity index (χ1) is 22.0.